The highest BCUT2D eigenvalue weighted by molar-refractivity contribution is 5.63. The Balaban J connectivity index is 2.58. The molecule has 2 nitrogen and oxygen atoms in total. The molecule has 0 saturated carbocycles. The van der Waals surface area contributed by atoms with Crippen molar-refractivity contribution in [1.82, 2.24) is 10.2 Å². The highest BCUT2D eigenvalue weighted by Gasteiger charge is 2.35. The molecule has 0 fully saturated rings. The summed E-state index contributed by atoms with van der Waals surface area (Å²) < 4.78 is 50.9. The Bertz CT molecular complexity index is 502. The highest BCUT2D eigenvalue weighted by atomic mass is 19.4. The fraction of sp³-hybridized carbons (Fsp3) is 0.100. The number of aromatic nitrogens is 2. The van der Waals surface area contributed by atoms with Crippen LogP contribution in [0.1, 0.15) is 5.56 Å². The molecule has 0 aliphatic rings. The van der Waals surface area contributed by atoms with Gasteiger partial charge in [-0.1, -0.05) is 12.1 Å². The number of nitrogens with one attached hydrogen (secondary N) is 1. The van der Waals surface area contributed by atoms with Gasteiger partial charge in [-0.05, 0) is 12.1 Å². The van der Waals surface area contributed by atoms with E-state index in [1.807, 2.05) is 0 Å². The number of alkyl halides is 3. The Morgan fingerprint density at radius 1 is 1.12 bits per heavy atom. The van der Waals surface area contributed by atoms with Crippen LogP contribution in [0.15, 0.2) is 30.5 Å². The molecule has 2 aromatic rings. The fourth-order valence-corrected chi connectivity index (χ4v) is 1.37. The van der Waals surface area contributed by atoms with Crippen molar-refractivity contribution >= 4 is 0 Å². The van der Waals surface area contributed by atoms with Crippen LogP contribution in [0.5, 0.6) is 0 Å². The maximum absolute atomic E-state index is 13.3. The van der Waals surface area contributed by atoms with Crippen molar-refractivity contribution in [3.05, 3.63) is 41.8 Å². The number of hydrogen-bond donors (Lipinski definition) is 1. The molecule has 1 aromatic heterocycles. The van der Waals surface area contributed by atoms with Gasteiger partial charge in [0.05, 0.1) is 11.9 Å². The van der Waals surface area contributed by atoms with Gasteiger partial charge < -0.3 is 0 Å². The summed E-state index contributed by atoms with van der Waals surface area (Å²) in [7, 11) is 0. The zero-order valence-corrected chi connectivity index (χ0v) is 7.85. The monoisotopic (exact) mass is 230 g/mol. The standard InChI is InChI=1S/C10H6F4N2/c11-8-4-2-1-3-6(8)9-7(5-15-16-9)10(12,13)14/h1-5H,(H,15,16). The van der Waals surface area contributed by atoms with Gasteiger partial charge in [0.1, 0.15) is 11.4 Å². The molecule has 84 valence electrons. The van der Waals surface area contributed by atoms with E-state index in [1.165, 1.54) is 18.2 Å². The van der Waals surface area contributed by atoms with Gasteiger partial charge in [0.2, 0.25) is 0 Å². The summed E-state index contributed by atoms with van der Waals surface area (Å²) >= 11 is 0. The summed E-state index contributed by atoms with van der Waals surface area (Å²) in [6.07, 6.45) is -3.91. The van der Waals surface area contributed by atoms with E-state index in [9.17, 15) is 17.6 Å². The summed E-state index contributed by atoms with van der Waals surface area (Å²) in [6, 6.07) is 5.22. The Labute approximate surface area is 87.9 Å². The number of H-pyrrole nitrogens is 1. The summed E-state index contributed by atoms with van der Waals surface area (Å²) in [5.41, 5.74) is -1.48. The van der Waals surface area contributed by atoms with Gasteiger partial charge in [-0.15, -0.1) is 0 Å². The number of nitrogens with zero attached hydrogens (tertiary/aromatic N) is 1. The van der Waals surface area contributed by atoms with Crippen LogP contribution >= 0.6 is 0 Å². The Kier molecular flexibility index (Phi) is 2.41. The third-order valence-corrected chi connectivity index (χ3v) is 2.09. The number of benzene rings is 1. The van der Waals surface area contributed by atoms with Crippen molar-refractivity contribution in [2.45, 2.75) is 6.18 Å². The van der Waals surface area contributed by atoms with Crippen molar-refractivity contribution in [2.75, 3.05) is 0 Å². The third kappa shape index (κ3) is 1.78. The molecule has 0 atom stereocenters. The quantitative estimate of drug-likeness (QED) is 0.748. The van der Waals surface area contributed by atoms with E-state index in [0.29, 0.717) is 6.20 Å². The summed E-state index contributed by atoms with van der Waals surface area (Å²) in [5.74, 6) is -0.725. The second kappa shape index (κ2) is 3.62. The average molecular weight is 230 g/mol. The summed E-state index contributed by atoms with van der Waals surface area (Å²) in [4.78, 5) is 0. The van der Waals surface area contributed by atoms with Crippen LogP contribution in [0.3, 0.4) is 0 Å². The lowest BCUT2D eigenvalue weighted by Gasteiger charge is -2.07. The molecule has 0 radical (unpaired) electrons. The van der Waals surface area contributed by atoms with Crippen LogP contribution in [0.25, 0.3) is 11.3 Å². The first-order chi connectivity index (χ1) is 7.50. The first-order valence-electron chi connectivity index (χ1n) is 4.35. The SMILES string of the molecule is Fc1ccccc1-c1[nH]ncc1C(F)(F)F. The zero-order chi connectivity index (χ0) is 11.8. The van der Waals surface area contributed by atoms with Crippen molar-refractivity contribution in [3.8, 4) is 11.3 Å². The molecule has 0 amide bonds. The molecule has 0 aliphatic heterocycles. The highest BCUT2D eigenvalue weighted by Crippen LogP contribution is 2.36. The Morgan fingerprint density at radius 3 is 2.44 bits per heavy atom. The summed E-state index contributed by atoms with van der Waals surface area (Å²) in [6.45, 7) is 0. The molecule has 1 heterocycles. The van der Waals surface area contributed by atoms with Gasteiger partial charge in [0.25, 0.3) is 0 Å². The third-order valence-electron chi connectivity index (χ3n) is 2.09. The molecule has 2 rings (SSSR count). The van der Waals surface area contributed by atoms with Crippen LogP contribution in [0, 0.1) is 5.82 Å². The van der Waals surface area contributed by atoms with Gasteiger partial charge in [0.15, 0.2) is 0 Å². The fourth-order valence-electron chi connectivity index (χ4n) is 1.37. The topological polar surface area (TPSA) is 28.7 Å². The van der Waals surface area contributed by atoms with Crippen LogP contribution in [-0.2, 0) is 6.18 Å². The van der Waals surface area contributed by atoms with Gasteiger partial charge in [0, 0.05) is 5.56 Å². The van der Waals surface area contributed by atoms with Gasteiger partial charge in [-0.25, -0.2) is 4.39 Å². The van der Waals surface area contributed by atoms with Crippen molar-refractivity contribution in [3.63, 3.8) is 0 Å². The van der Waals surface area contributed by atoms with E-state index in [2.05, 4.69) is 10.2 Å². The number of hydrogen-bond acceptors (Lipinski definition) is 1. The first kappa shape index (κ1) is 10.7. The van der Waals surface area contributed by atoms with Crippen molar-refractivity contribution in [1.29, 1.82) is 0 Å². The van der Waals surface area contributed by atoms with Crippen molar-refractivity contribution in [2.24, 2.45) is 0 Å². The first-order valence-corrected chi connectivity index (χ1v) is 4.35. The molecule has 1 aromatic carbocycles. The molecule has 0 spiro atoms. The molecular weight excluding hydrogens is 224 g/mol. The van der Waals surface area contributed by atoms with E-state index >= 15 is 0 Å². The maximum atomic E-state index is 13.3. The molecule has 16 heavy (non-hydrogen) atoms. The molecular formula is C10H6F4N2. The number of rotatable bonds is 1. The largest absolute Gasteiger partial charge is 0.420 e. The molecule has 0 bridgehead atoms. The predicted molar refractivity (Wildman–Crippen MR) is 49.0 cm³/mol. The zero-order valence-electron chi connectivity index (χ0n) is 7.85. The second-order valence-electron chi connectivity index (χ2n) is 3.14. The van der Waals surface area contributed by atoms with E-state index < -0.39 is 17.6 Å². The normalized spacial score (nSPS) is 11.8. The molecule has 0 saturated heterocycles. The van der Waals surface area contributed by atoms with Gasteiger partial charge in [-0.3, -0.25) is 5.10 Å². The second-order valence-corrected chi connectivity index (χ2v) is 3.14. The van der Waals surface area contributed by atoms with Gasteiger partial charge in [-0.2, -0.15) is 18.3 Å². The minimum atomic E-state index is -4.55. The van der Waals surface area contributed by atoms with Crippen LogP contribution in [-0.4, -0.2) is 10.2 Å². The smallest absolute Gasteiger partial charge is 0.277 e. The minimum absolute atomic E-state index is 0.146. The van der Waals surface area contributed by atoms with E-state index in [0.717, 1.165) is 6.07 Å². The van der Waals surface area contributed by atoms with E-state index in [1.54, 1.807) is 0 Å². The Morgan fingerprint density at radius 2 is 1.81 bits per heavy atom. The Hall–Kier alpha value is -1.85. The van der Waals surface area contributed by atoms with E-state index in [-0.39, 0.29) is 11.3 Å². The predicted octanol–water partition coefficient (Wildman–Crippen LogP) is 3.23. The molecule has 1 N–H and O–H groups in total. The number of aromatic amines is 1. The van der Waals surface area contributed by atoms with Crippen LogP contribution in [0.4, 0.5) is 17.6 Å². The van der Waals surface area contributed by atoms with Gasteiger partial charge >= 0.3 is 6.18 Å². The molecule has 6 heteroatoms. The average Bonchev–Trinajstić information content (AvgIpc) is 2.66. The van der Waals surface area contributed by atoms with Crippen LogP contribution in [0.2, 0.25) is 0 Å². The number of halogens is 4. The molecule has 0 aliphatic carbocycles. The lowest BCUT2D eigenvalue weighted by Crippen LogP contribution is -2.05. The minimum Gasteiger partial charge on any atom is -0.277 e. The molecule has 0 unspecified atom stereocenters. The summed E-state index contributed by atoms with van der Waals surface area (Å²) in [5, 5.41) is 5.45. The van der Waals surface area contributed by atoms with E-state index in [4.69, 9.17) is 0 Å². The van der Waals surface area contributed by atoms with Crippen LogP contribution < -0.4 is 0 Å². The van der Waals surface area contributed by atoms with Crippen molar-refractivity contribution < 1.29 is 17.6 Å². The lowest BCUT2D eigenvalue weighted by molar-refractivity contribution is -0.137. The lowest BCUT2D eigenvalue weighted by atomic mass is 10.1. The maximum Gasteiger partial charge on any atom is 0.420 e.